The fourth-order valence-corrected chi connectivity index (χ4v) is 10.2. The molecule has 240 valence electrons. The summed E-state index contributed by atoms with van der Waals surface area (Å²) < 4.78 is 24.0. The molecule has 43 heavy (non-hydrogen) atoms. The van der Waals surface area contributed by atoms with Gasteiger partial charge in [0.1, 0.15) is 17.6 Å². The van der Waals surface area contributed by atoms with Gasteiger partial charge in [0, 0.05) is 23.5 Å². The van der Waals surface area contributed by atoms with E-state index in [9.17, 15) is 24.9 Å². The summed E-state index contributed by atoms with van der Waals surface area (Å²) in [6.45, 7) is 11.4. The number of methoxy groups -OCH3 is 1. The average molecular weight is 603 g/mol. The lowest BCUT2D eigenvalue weighted by molar-refractivity contribution is -0.309. The molecule has 4 aliphatic carbocycles. The van der Waals surface area contributed by atoms with Crippen LogP contribution in [-0.2, 0) is 28.5 Å². The maximum Gasteiger partial charge on any atom is 0.334 e. The molecule has 1 saturated heterocycles. The van der Waals surface area contributed by atoms with E-state index >= 15 is 0 Å². The highest BCUT2D eigenvalue weighted by atomic mass is 16.7. The normalized spacial score (nSPS) is 45.5. The molecule has 5 aliphatic rings. The summed E-state index contributed by atoms with van der Waals surface area (Å²) in [5.74, 6) is -0.734. The molecule has 9 heteroatoms. The van der Waals surface area contributed by atoms with Crippen molar-refractivity contribution in [2.45, 2.75) is 97.9 Å². The average Bonchev–Trinajstić information content (AvgIpc) is 3.54. The van der Waals surface area contributed by atoms with Crippen LogP contribution in [0.5, 0.6) is 0 Å². The Bertz CT molecular complexity index is 1190. The van der Waals surface area contributed by atoms with Gasteiger partial charge in [-0.15, -0.1) is 0 Å². The van der Waals surface area contributed by atoms with Gasteiger partial charge in [-0.25, -0.2) is 4.79 Å². The molecule has 0 spiro atoms. The molecule has 1 heterocycles. The second-order valence-corrected chi connectivity index (χ2v) is 14.1. The molecule has 12 atom stereocenters. The highest BCUT2D eigenvalue weighted by molar-refractivity contribution is 5.88. The molecular formula is C34H50O9. The monoisotopic (exact) mass is 602 g/mol. The number of hydrogen-bond donors (Lipinski definition) is 3. The molecule has 12 unspecified atom stereocenters. The van der Waals surface area contributed by atoms with Crippen molar-refractivity contribution in [3.05, 3.63) is 35.5 Å². The van der Waals surface area contributed by atoms with Crippen LogP contribution in [0.1, 0.15) is 67.2 Å². The Labute approximate surface area is 255 Å². The summed E-state index contributed by atoms with van der Waals surface area (Å²) in [7, 11) is 1.47. The van der Waals surface area contributed by atoms with E-state index in [-0.39, 0.29) is 36.9 Å². The van der Waals surface area contributed by atoms with Gasteiger partial charge in [-0.3, -0.25) is 4.79 Å². The molecule has 1 aliphatic heterocycles. The van der Waals surface area contributed by atoms with E-state index in [1.807, 2.05) is 20.8 Å². The molecule has 9 nitrogen and oxygen atoms in total. The van der Waals surface area contributed by atoms with Crippen molar-refractivity contribution >= 4 is 11.9 Å². The van der Waals surface area contributed by atoms with Crippen molar-refractivity contribution in [1.29, 1.82) is 0 Å². The van der Waals surface area contributed by atoms with E-state index in [0.717, 1.165) is 18.4 Å². The molecule has 5 rings (SSSR count). The molecular weight excluding hydrogens is 552 g/mol. The molecule has 0 amide bonds. The Morgan fingerprint density at radius 2 is 1.88 bits per heavy atom. The molecule has 0 aromatic heterocycles. The Hall–Kier alpha value is -2.04. The number of hydrogen-bond acceptors (Lipinski definition) is 8. The SMILES string of the molecule is CC=CC=C(C)C(=O)OC1C(O)C(OCC23CC4C(C)CCC4C4(CO)CC2C=C(C(C)C)C34C(=O)O)OC(C)C1OC. The van der Waals surface area contributed by atoms with Gasteiger partial charge in [0.25, 0.3) is 0 Å². The Kier molecular flexibility index (Phi) is 8.81. The molecule has 4 fully saturated rings. The van der Waals surface area contributed by atoms with Crippen LogP contribution < -0.4 is 0 Å². The first kappa shape index (κ1) is 32.4. The van der Waals surface area contributed by atoms with E-state index in [0.29, 0.717) is 24.3 Å². The number of carbonyl (C=O) groups is 2. The largest absolute Gasteiger partial charge is 0.481 e. The van der Waals surface area contributed by atoms with Gasteiger partial charge < -0.3 is 34.3 Å². The van der Waals surface area contributed by atoms with Crippen LogP contribution in [0.4, 0.5) is 0 Å². The lowest BCUT2D eigenvalue weighted by atomic mass is 9.42. The predicted molar refractivity (Wildman–Crippen MR) is 159 cm³/mol. The number of fused-ring (bicyclic) bond motifs is 2. The maximum atomic E-state index is 13.7. The van der Waals surface area contributed by atoms with E-state index in [2.05, 4.69) is 13.0 Å². The van der Waals surface area contributed by atoms with Crippen LogP contribution in [0.15, 0.2) is 35.5 Å². The lowest BCUT2D eigenvalue weighted by Gasteiger charge is -2.60. The minimum atomic E-state index is -1.36. The number of esters is 1. The maximum absolute atomic E-state index is 13.7. The van der Waals surface area contributed by atoms with Crippen LogP contribution in [0.25, 0.3) is 0 Å². The molecule has 0 radical (unpaired) electrons. The van der Waals surface area contributed by atoms with Gasteiger partial charge in [0.2, 0.25) is 0 Å². The molecule has 3 N–H and O–H groups in total. The first-order valence-electron chi connectivity index (χ1n) is 15.9. The fourth-order valence-electron chi connectivity index (χ4n) is 10.2. The van der Waals surface area contributed by atoms with Gasteiger partial charge in [-0.2, -0.15) is 0 Å². The summed E-state index contributed by atoms with van der Waals surface area (Å²) in [6, 6.07) is 0. The zero-order valence-corrected chi connectivity index (χ0v) is 26.6. The first-order valence-corrected chi connectivity index (χ1v) is 15.9. The first-order chi connectivity index (χ1) is 20.4. The summed E-state index contributed by atoms with van der Waals surface area (Å²) in [6.07, 6.45) is 5.67. The van der Waals surface area contributed by atoms with Gasteiger partial charge >= 0.3 is 11.9 Å². The van der Waals surface area contributed by atoms with Crippen molar-refractivity contribution in [2.24, 2.45) is 45.8 Å². The van der Waals surface area contributed by atoms with Gasteiger partial charge in [-0.1, -0.05) is 57.1 Å². The summed E-state index contributed by atoms with van der Waals surface area (Å²) in [4.78, 5) is 26.6. The van der Waals surface area contributed by atoms with Crippen molar-refractivity contribution < 1.29 is 43.9 Å². The number of aliphatic carboxylic acids is 1. The standard InChI is InChI=1S/C34H50O9/c1-8-9-10-20(5)29(37)43-28-26(36)30(42-21(6)27(28)40-7)41-17-33-15-23-19(4)11-12-24(23)32(16-35)14-22(33)13-25(18(2)3)34(32,33)31(38)39/h8-10,13,18-19,21-24,26-28,30,35-36H,11-12,14-17H2,1-7H3,(H,38,39). The van der Waals surface area contributed by atoms with Crippen LogP contribution in [0.3, 0.4) is 0 Å². The quantitative estimate of drug-likeness (QED) is 0.145. The van der Waals surface area contributed by atoms with E-state index in [1.54, 1.807) is 32.1 Å². The third kappa shape index (κ3) is 4.43. The highest BCUT2D eigenvalue weighted by Crippen LogP contribution is 2.83. The number of carboxylic acid groups (broad SMARTS) is 1. The van der Waals surface area contributed by atoms with Gasteiger partial charge in [0.15, 0.2) is 12.4 Å². The van der Waals surface area contributed by atoms with Crippen LogP contribution >= 0.6 is 0 Å². The molecule has 0 aromatic rings. The minimum absolute atomic E-state index is 0.0104. The number of carbonyl (C=O) groups excluding carboxylic acids is 1. The van der Waals surface area contributed by atoms with Crippen molar-refractivity contribution in [2.75, 3.05) is 20.3 Å². The van der Waals surface area contributed by atoms with Crippen LogP contribution in [0.2, 0.25) is 0 Å². The Morgan fingerprint density at radius 3 is 2.49 bits per heavy atom. The third-order valence-electron chi connectivity index (χ3n) is 11.9. The molecule has 3 saturated carbocycles. The lowest BCUT2D eigenvalue weighted by Crippen LogP contribution is -2.65. The second-order valence-electron chi connectivity index (χ2n) is 14.1. The van der Waals surface area contributed by atoms with Gasteiger partial charge in [-0.05, 0) is 69.6 Å². The van der Waals surface area contributed by atoms with Crippen molar-refractivity contribution in [3.8, 4) is 0 Å². The van der Waals surface area contributed by atoms with Crippen molar-refractivity contribution in [1.82, 2.24) is 0 Å². The third-order valence-corrected chi connectivity index (χ3v) is 11.9. The fraction of sp³-hybridized carbons (Fsp3) is 0.765. The van der Waals surface area contributed by atoms with Crippen LogP contribution in [0, 0.1) is 45.8 Å². The summed E-state index contributed by atoms with van der Waals surface area (Å²) in [5, 5.41) is 33.9. The zero-order chi connectivity index (χ0) is 31.5. The summed E-state index contributed by atoms with van der Waals surface area (Å²) in [5.41, 5.74) is -1.59. The number of carboxylic acids is 1. The summed E-state index contributed by atoms with van der Waals surface area (Å²) >= 11 is 0. The second kappa shape index (κ2) is 11.7. The Morgan fingerprint density at radius 1 is 1.16 bits per heavy atom. The smallest absolute Gasteiger partial charge is 0.334 e. The van der Waals surface area contributed by atoms with Crippen LogP contribution in [-0.4, -0.2) is 78.3 Å². The topological polar surface area (TPSA) is 132 Å². The van der Waals surface area contributed by atoms with Gasteiger partial charge in [0.05, 0.1) is 19.3 Å². The zero-order valence-electron chi connectivity index (χ0n) is 26.6. The van der Waals surface area contributed by atoms with E-state index < -0.39 is 58.9 Å². The number of allylic oxidation sites excluding steroid dienone is 4. The number of aliphatic hydroxyl groups excluding tert-OH is 2. The van der Waals surface area contributed by atoms with Crippen molar-refractivity contribution in [3.63, 3.8) is 0 Å². The van der Waals surface area contributed by atoms with E-state index in [4.69, 9.17) is 18.9 Å². The minimum Gasteiger partial charge on any atom is -0.481 e. The van der Waals surface area contributed by atoms with E-state index in [1.165, 1.54) is 7.11 Å². The number of ether oxygens (including phenoxy) is 4. The predicted octanol–water partition coefficient (Wildman–Crippen LogP) is 4.28. The highest BCUT2D eigenvalue weighted by Gasteiger charge is 2.84. The molecule has 4 bridgehead atoms. The number of rotatable bonds is 10. The molecule has 0 aromatic carbocycles. The Balaban J connectivity index is 1.48. The number of aliphatic hydroxyl groups is 2.